The van der Waals surface area contributed by atoms with Gasteiger partial charge in [0.05, 0.1) is 12.0 Å². The summed E-state index contributed by atoms with van der Waals surface area (Å²) in [6, 6.07) is 9.70. The van der Waals surface area contributed by atoms with Gasteiger partial charge in [0.1, 0.15) is 0 Å². The van der Waals surface area contributed by atoms with E-state index < -0.39 is 0 Å². The number of anilines is 1. The monoisotopic (exact) mass is 370 g/mol. The molecule has 1 amide bonds. The maximum absolute atomic E-state index is 12.4. The van der Waals surface area contributed by atoms with Crippen LogP contribution in [0.3, 0.4) is 0 Å². The summed E-state index contributed by atoms with van der Waals surface area (Å²) in [5.41, 5.74) is 3.08. The molecule has 0 fully saturated rings. The van der Waals surface area contributed by atoms with E-state index in [9.17, 15) is 4.79 Å². The Labute approximate surface area is 157 Å². The topological polar surface area (TPSA) is 73.0 Å². The molecule has 0 aliphatic heterocycles. The molecule has 0 aliphatic rings. The van der Waals surface area contributed by atoms with Crippen LogP contribution in [0.25, 0.3) is 11.6 Å². The van der Waals surface area contributed by atoms with E-state index in [1.165, 1.54) is 11.8 Å². The molecule has 136 valence electrons. The second-order valence-electron chi connectivity index (χ2n) is 6.33. The smallest absolute Gasteiger partial charge is 0.234 e. The van der Waals surface area contributed by atoms with Gasteiger partial charge in [-0.15, -0.1) is 10.2 Å². The first-order valence-electron chi connectivity index (χ1n) is 8.45. The lowest BCUT2D eigenvalue weighted by Gasteiger charge is -2.13. The van der Waals surface area contributed by atoms with Crippen LogP contribution in [0.5, 0.6) is 0 Å². The molecule has 0 saturated carbocycles. The summed E-state index contributed by atoms with van der Waals surface area (Å²) >= 11 is 1.37. The van der Waals surface area contributed by atoms with Crippen molar-refractivity contribution in [3.8, 4) is 11.6 Å². The third-order valence-electron chi connectivity index (χ3n) is 4.13. The van der Waals surface area contributed by atoms with Crippen LogP contribution in [0, 0.1) is 13.8 Å². The molecule has 0 atom stereocenters. The normalized spacial score (nSPS) is 11.1. The van der Waals surface area contributed by atoms with Crippen molar-refractivity contribution >= 4 is 23.4 Å². The molecule has 1 N–H and O–H groups in total. The molecule has 7 heteroatoms. The van der Waals surface area contributed by atoms with E-state index >= 15 is 0 Å². The molecule has 0 spiro atoms. The minimum atomic E-state index is -0.0680. The predicted octanol–water partition coefficient (Wildman–Crippen LogP) is 4.47. The number of carbonyl (C=O) groups excluding carboxylic acids is 1. The number of hydrogen-bond donors (Lipinski definition) is 1. The highest BCUT2D eigenvalue weighted by atomic mass is 32.2. The SMILES string of the molecule is Cc1cccc(NC(=O)CSc2nnc(-c3ccco3)n2C(C)C)c1C. The first-order valence-corrected chi connectivity index (χ1v) is 9.43. The van der Waals surface area contributed by atoms with Crippen molar-refractivity contribution in [3.05, 3.63) is 47.7 Å². The molecule has 26 heavy (non-hydrogen) atoms. The molecule has 0 radical (unpaired) electrons. The van der Waals surface area contributed by atoms with Crippen LogP contribution in [-0.2, 0) is 4.79 Å². The Morgan fingerprint density at radius 2 is 2.04 bits per heavy atom. The van der Waals surface area contributed by atoms with Crippen molar-refractivity contribution in [2.45, 2.75) is 38.9 Å². The van der Waals surface area contributed by atoms with Crippen LogP contribution < -0.4 is 5.32 Å². The molecule has 3 aromatic rings. The molecule has 0 saturated heterocycles. The minimum Gasteiger partial charge on any atom is -0.461 e. The number of nitrogens with one attached hydrogen (secondary N) is 1. The van der Waals surface area contributed by atoms with Gasteiger partial charge in [0, 0.05) is 11.7 Å². The molecule has 0 unspecified atom stereocenters. The van der Waals surface area contributed by atoms with Gasteiger partial charge < -0.3 is 9.73 Å². The number of furan rings is 1. The summed E-state index contributed by atoms with van der Waals surface area (Å²) < 4.78 is 7.42. The van der Waals surface area contributed by atoms with Crippen LogP contribution in [-0.4, -0.2) is 26.4 Å². The van der Waals surface area contributed by atoms with Crippen molar-refractivity contribution in [2.75, 3.05) is 11.1 Å². The zero-order valence-corrected chi connectivity index (χ0v) is 16.1. The van der Waals surface area contributed by atoms with E-state index in [4.69, 9.17) is 4.42 Å². The van der Waals surface area contributed by atoms with Gasteiger partial charge in [-0.2, -0.15) is 0 Å². The molecule has 1 aromatic carbocycles. The highest BCUT2D eigenvalue weighted by Crippen LogP contribution is 2.28. The predicted molar refractivity (Wildman–Crippen MR) is 103 cm³/mol. The fraction of sp³-hybridized carbons (Fsp3) is 0.316. The van der Waals surface area contributed by atoms with Crippen molar-refractivity contribution < 1.29 is 9.21 Å². The lowest BCUT2D eigenvalue weighted by molar-refractivity contribution is -0.113. The average Bonchev–Trinajstić information content (AvgIpc) is 3.26. The number of carbonyl (C=O) groups is 1. The van der Waals surface area contributed by atoms with Gasteiger partial charge in [0.25, 0.3) is 0 Å². The fourth-order valence-corrected chi connectivity index (χ4v) is 3.48. The minimum absolute atomic E-state index is 0.0680. The molecule has 6 nitrogen and oxygen atoms in total. The lowest BCUT2D eigenvalue weighted by Crippen LogP contribution is -2.16. The fourth-order valence-electron chi connectivity index (χ4n) is 2.62. The Balaban J connectivity index is 1.71. The van der Waals surface area contributed by atoms with Gasteiger partial charge in [-0.1, -0.05) is 23.9 Å². The molecule has 3 rings (SSSR count). The van der Waals surface area contributed by atoms with Gasteiger partial charge >= 0.3 is 0 Å². The number of hydrogen-bond acceptors (Lipinski definition) is 5. The standard InChI is InChI=1S/C19H22N4O2S/c1-12(2)23-18(16-9-6-10-25-16)21-22-19(23)26-11-17(24)20-15-8-5-7-13(3)14(15)4/h5-10,12H,11H2,1-4H3,(H,20,24). The van der Waals surface area contributed by atoms with Gasteiger partial charge in [0.2, 0.25) is 11.7 Å². The molecule has 0 bridgehead atoms. The Morgan fingerprint density at radius 3 is 2.73 bits per heavy atom. The molecule has 0 aliphatic carbocycles. The summed E-state index contributed by atoms with van der Waals surface area (Å²) in [7, 11) is 0. The molecule has 2 aromatic heterocycles. The largest absolute Gasteiger partial charge is 0.461 e. The van der Waals surface area contributed by atoms with Crippen LogP contribution >= 0.6 is 11.8 Å². The van der Waals surface area contributed by atoms with Crippen molar-refractivity contribution in [3.63, 3.8) is 0 Å². The van der Waals surface area contributed by atoms with Crippen LogP contribution in [0.1, 0.15) is 31.0 Å². The van der Waals surface area contributed by atoms with E-state index in [2.05, 4.69) is 29.4 Å². The van der Waals surface area contributed by atoms with Gasteiger partial charge in [-0.05, 0) is 57.0 Å². The maximum Gasteiger partial charge on any atom is 0.234 e. The average molecular weight is 370 g/mol. The number of thioether (sulfide) groups is 1. The zero-order chi connectivity index (χ0) is 18.7. The second-order valence-corrected chi connectivity index (χ2v) is 7.27. The first-order chi connectivity index (χ1) is 12.5. The Hall–Kier alpha value is -2.54. The second kappa shape index (κ2) is 7.78. The Morgan fingerprint density at radius 1 is 1.23 bits per heavy atom. The third kappa shape index (κ3) is 3.83. The highest BCUT2D eigenvalue weighted by Gasteiger charge is 2.19. The van der Waals surface area contributed by atoms with Crippen molar-refractivity contribution in [1.29, 1.82) is 0 Å². The highest BCUT2D eigenvalue weighted by molar-refractivity contribution is 7.99. The van der Waals surface area contributed by atoms with Gasteiger partial charge in [-0.25, -0.2) is 0 Å². The van der Waals surface area contributed by atoms with E-state index in [-0.39, 0.29) is 17.7 Å². The summed E-state index contributed by atoms with van der Waals surface area (Å²) in [5.74, 6) is 1.53. The number of amides is 1. The zero-order valence-electron chi connectivity index (χ0n) is 15.3. The van der Waals surface area contributed by atoms with Gasteiger partial charge in [0.15, 0.2) is 10.9 Å². The Bertz CT molecular complexity index is 900. The number of rotatable bonds is 6. The number of benzene rings is 1. The van der Waals surface area contributed by atoms with E-state index in [1.807, 2.05) is 48.7 Å². The number of aryl methyl sites for hydroxylation is 1. The van der Waals surface area contributed by atoms with Crippen LogP contribution in [0.4, 0.5) is 5.69 Å². The van der Waals surface area contributed by atoms with Crippen molar-refractivity contribution in [2.24, 2.45) is 0 Å². The maximum atomic E-state index is 12.4. The van der Waals surface area contributed by atoms with E-state index in [0.29, 0.717) is 16.7 Å². The summed E-state index contributed by atoms with van der Waals surface area (Å²) in [6.07, 6.45) is 1.61. The number of nitrogens with zero attached hydrogens (tertiary/aromatic N) is 3. The quantitative estimate of drug-likeness (QED) is 0.648. The third-order valence-corrected chi connectivity index (χ3v) is 5.08. The van der Waals surface area contributed by atoms with Crippen LogP contribution in [0.15, 0.2) is 46.2 Å². The van der Waals surface area contributed by atoms with E-state index in [1.54, 1.807) is 6.26 Å². The lowest BCUT2D eigenvalue weighted by atomic mass is 10.1. The molecular formula is C19H22N4O2S. The molecule has 2 heterocycles. The van der Waals surface area contributed by atoms with Crippen LogP contribution in [0.2, 0.25) is 0 Å². The Kier molecular flexibility index (Phi) is 5.46. The molecular weight excluding hydrogens is 348 g/mol. The first kappa shape index (κ1) is 18.3. The summed E-state index contributed by atoms with van der Waals surface area (Å²) in [6.45, 7) is 8.14. The number of aromatic nitrogens is 3. The van der Waals surface area contributed by atoms with Crippen molar-refractivity contribution in [1.82, 2.24) is 14.8 Å². The van der Waals surface area contributed by atoms with Gasteiger partial charge in [-0.3, -0.25) is 9.36 Å². The summed E-state index contributed by atoms with van der Waals surface area (Å²) in [5, 5.41) is 12.1. The summed E-state index contributed by atoms with van der Waals surface area (Å²) in [4.78, 5) is 12.4. The van der Waals surface area contributed by atoms with E-state index in [0.717, 1.165) is 16.8 Å².